The molecule has 0 aromatic heterocycles. The molecule has 0 amide bonds. The van der Waals surface area contributed by atoms with Gasteiger partial charge in [0.25, 0.3) is 0 Å². The normalized spacial score (nSPS) is 40.0. The zero-order valence-corrected chi connectivity index (χ0v) is 7.08. The van der Waals surface area contributed by atoms with Crippen molar-refractivity contribution in [1.29, 1.82) is 0 Å². The number of ether oxygens (including phenoxy) is 2. The minimum absolute atomic E-state index is 0.196. The monoisotopic (exact) mass is 192 g/mol. The number of rotatable bonds is 1. The van der Waals surface area contributed by atoms with Crippen molar-refractivity contribution in [3.8, 4) is 0 Å². The van der Waals surface area contributed by atoms with Crippen LogP contribution >= 0.6 is 0 Å². The lowest BCUT2D eigenvalue weighted by Gasteiger charge is -2.33. The number of hydrogen-bond acceptors (Lipinski definition) is 6. The Kier molecular flexibility index (Phi) is 3.21. The Balaban J connectivity index is 2.63. The lowest BCUT2D eigenvalue weighted by molar-refractivity contribution is -0.203. The fourth-order valence-electron chi connectivity index (χ4n) is 1.13. The Bertz CT molecular complexity index is 193. The summed E-state index contributed by atoms with van der Waals surface area (Å²) in [4.78, 5) is 10.9. The van der Waals surface area contributed by atoms with E-state index in [4.69, 9.17) is 9.84 Å². The van der Waals surface area contributed by atoms with Crippen LogP contribution in [-0.4, -0.2) is 59.4 Å². The molecule has 0 bridgehead atoms. The van der Waals surface area contributed by atoms with Crippen molar-refractivity contribution in [3.63, 3.8) is 0 Å². The van der Waals surface area contributed by atoms with Crippen LogP contribution in [0.4, 0.5) is 0 Å². The van der Waals surface area contributed by atoms with Gasteiger partial charge in [-0.2, -0.15) is 0 Å². The van der Waals surface area contributed by atoms with Gasteiger partial charge in [-0.1, -0.05) is 0 Å². The number of carbonyl (C=O) groups excluding carboxylic acids is 1. The molecule has 76 valence electrons. The van der Waals surface area contributed by atoms with Gasteiger partial charge in [-0.15, -0.1) is 0 Å². The summed E-state index contributed by atoms with van der Waals surface area (Å²) in [7, 11) is 1.15. The maximum absolute atomic E-state index is 10.9. The van der Waals surface area contributed by atoms with E-state index in [1.807, 2.05) is 0 Å². The molecular weight excluding hydrogens is 180 g/mol. The van der Waals surface area contributed by atoms with E-state index in [1.54, 1.807) is 0 Å². The molecule has 6 nitrogen and oxygen atoms in total. The lowest BCUT2D eigenvalue weighted by atomic mass is 10.0. The summed E-state index contributed by atoms with van der Waals surface area (Å²) in [6, 6.07) is 0. The van der Waals surface area contributed by atoms with Gasteiger partial charge in [-0.25, -0.2) is 4.79 Å². The van der Waals surface area contributed by atoms with Gasteiger partial charge in [-0.3, -0.25) is 0 Å². The van der Waals surface area contributed by atoms with E-state index < -0.39 is 30.4 Å². The van der Waals surface area contributed by atoms with E-state index in [0.29, 0.717) is 0 Å². The standard InChI is InChI=1S/C7H12O6/c1-12-7(11)6-5(10)4(9)3(8)2-13-6/h3-6,8-10H,2H2,1H3/t3-,4+,5-,6-/m1/s1. The lowest BCUT2D eigenvalue weighted by Crippen LogP contribution is -2.55. The molecule has 0 aliphatic carbocycles. The van der Waals surface area contributed by atoms with Crippen molar-refractivity contribution < 1.29 is 29.6 Å². The third kappa shape index (κ3) is 1.97. The van der Waals surface area contributed by atoms with Gasteiger partial charge in [0.05, 0.1) is 13.7 Å². The molecule has 1 rings (SSSR count). The molecule has 0 aromatic carbocycles. The summed E-state index contributed by atoms with van der Waals surface area (Å²) in [5.41, 5.74) is 0. The second kappa shape index (κ2) is 4.01. The molecule has 1 aliphatic rings. The number of esters is 1. The van der Waals surface area contributed by atoms with Gasteiger partial charge >= 0.3 is 5.97 Å². The second-order valence-electron chi connectivity index (χ2n) is 2.83. The topological polar surface area (TPSA) is 96.2 Å². The van der Waals surface area contributed by atoms with Gasteiger partial charge in [0, 0.05) is 0 Å². The van der Waals surface area contributed by atoms with Crippen LogP contribution in [0.3, 0.4) is 0 Å². The first-order valence-corrected chi connectivity index (χ1v) is 3.81. The van der Waals surface area contributed by atoms with Crippen molar-refractivity contribution in [2.45, 2.75) is 24.4 Å². The first-order valence-electron chi connectivity index (χ1n) is 3.81. The highest BCUT2D eigenvalue weighted by atomic mass is 16.6. The quantitative estimate of drug-likeness (QED) is 0.402. The molecule has 1 heterocycles. The molecule has 4 atom stereocenters. The highest BCUT2D eigenvalue weighted by molar-refractivity contribution is 5.75. The van der Waals surface area contributed by atoms with Gasteiger partial charge in [0.2, 0.25) is 0 Å². The number of aliphatic hydroxyl groups excluding tert-OH is 3. The maximum Gasteiger partial charge on any atom is 0.337 e. The molecule has 0 spiro atoms. The van der Waals surface area contributed by atoms with E-state index in [2.05, 4.69) is 4.74 Å². The summed E-state index contributed by atoms with van der Waals surface area (Å²) in [6.07, 6.45) is -5.21. The highest BCUT2D eigenvalue weighted by Gasteiger charge is 2.41. The van der Waals surface area contributed by atoms with Crippen LogP contribution in [0.2, 0.25) is 0 Å². The summed E-state index contributed by atoms with van der Waals surface area (Å²) in [5, 5.41) is 27.5. The van der Waals surface area contributed by atoms with Crippen LogP contribution in [0, 0.1) is 0 Å². The molecule has 0 saturated carbocycles. The molecular formula is C7H12O6. The largest absolute Gasteiger partial charge is 0.467 e. The molecule has 1 fully saturated rings. The summed E-state index contributed by atoms with van der Waals surface area (Å²) in [5.74, 6) is -0.765. The van der Waals surface area contributed by atoms with Gasteiger partial charge in [-0.05, 0) is 0 Å². The van der Waals surface area contributed by atoms with E-state index in [1.165, 1.54) is 0 Å². The Labute approximate surface area is 74.7 Å². The number of aliphatic hydroxyl groups is 3. The van der Waals surface area contributed by atoms with E-state index in [-0.39, 0.29) is 6.61 Å². The van der Waals surface area contributed by atoms with Crippen molar-refractivity contribution in [2.75, 3.05) is 13.7 Å². The van der Waals surface area contributed by atoms with Crippen LogP contribution in [0.1, 0.15) is 0 Å². The molecule has 1 saturated heterocycles. The smallest absolute Gasteiger partial charge is 0.337 e. The molecule has 0 radical (unpaired) electrons. The second-order valence-corrected chi connectivity index (χ2v) is 2.83. The Hall–Kier alpha value is -0.690. The highest BCUT2D eigenvalue weighted by Crippen LogP contribution is 2.16. The van der Waals surface area contributed by atoms with Crippen molar-refractivity contribution in [2.24, 2.45) is 0 Å². The Morgan fingerprint density at radius 3 is 2.54 bits per heavy atom. The predicted molar refractivity (Wildman–Crippen MR) is 39.8 cm³/mol. The average molecular weight is 192 g/mol. The Morgan fingerprint density at radius 1 is 1.38 bits per heavy atom. The van der Waals surface area contributed by atoms with Crippen LogP contribution in [-0.2, 0) is 14.3 Å². The van der Waals surface area contributed by atoms with Crippen molar-refractivity contribution in [3.05, 3.63) is 0 Å². The molecule has 13 heavy (non-hydrogen) atoms. The molecule has 6 heteroatoms. The number of carbonyl (C=O) groups is 1. The fourth-order valence-corrected chi connectivity index (χ4v) is 1.13. The zero-order valence-electron chi connectivity index (χ0n) is 7.08. The van der Waals surface area contributed by atoms with Crippen LogP contribution < -0.4 is 0 Å². The molecule has 1 aliphatic heterocycles. The third-order valence-electron chi connectivity index (χ3n) is 1.93. The third-order valence-corrected chi connectivity index (χ3v) is 1.93. The Morgan fingerprint density at radius 2 is 2.00 bits per heavy atom. The number of hydrogen-bond donors (Lipinski definition) is 3. The fraction of sp³-hybridized carbons (Fsp3) is 0.857. The van der Waals surface area contributed by atoms with Gasteiger partial charge in [0.15, 0.2) is 6.10 Å². The van der Waals surface area contributed by atoms with Crippen molar-refractivity contribution in [1.82, 2.24) is 0 Å². The first-order chi connectivity index (χ1) is 6.07. The minimum Gasteiger partial charge on any atom is -0.467 e. The van der Waals surface area contributed by atoms with Gasteiger partial charge in [0.1, 0.15) is 18.3 Å². The predicted octanol–water partition coefficient (Wildman–Crippen LogP) is -2.36. The van der Waals surface area contributed by atoms with E-state index >= 15 is 0 Å². The van der Waals surface area contributed by atoms with Gasteiger partial charge < -0.3 is 24.8 Å². The minimum atomic E-state index is -1.45. The molecule has 0 aromatic rings. The zero-order chi connectivity index (χ0) is 10.0. The summed E-state index contributed by atoms with van der Waals surface area (Å²) >= 11 is 0. The van der Waals surface area contributed by atoms with Crippen molar-refractivity contribution >= 4 is 5.97 Å². The summed E-state index contributed by atoms with van der Waals surface area (Å²) in [6.45, 7) is -0.196. The van der Waals surface area contributed by atoms with Crippen LogP contribution in [0.25, 0.3) is 0 Å². The number of methoxy groups -OCH3 is 1. The van der Waals surface area contributed by atoms with Crippen LogP contribution in [0.15, 0.2) is 0 Å². The summed E-state index contributed by atoms with van der Waals surface area (Å²) < 4.78 is 9.12. The average Bonchev–Trinajstić information content (AvgIpc) is 2.13. The maximum atomic E-state index is 10.9. The molecule has 3 N–H and O–H groups in total. The van der Waals surface area contributed by atoms with E-state index in [0.717, 1.165) is 7.11 Å². The molecule has 0 unspecified atom stereocenters. The van der Waals surface area contributed by atoms with Crippen LogP contribution in [0.5, 0.6) is 0 Å². The first kappa shape index (κ1) is 10.4. The van der Waals surface area contributed by atoms with E-state index in [9.17, 15) is 15.0 Å². The SMILES string of the molecule is COC(=O)[C@@H]1OC[C@@H](O)[C@H](O)[C@H]1O.